The Bertz CT molecular complexity index is 410. The molecule has 2 atom stereocenters. The molecule has 2 aliphatic rings. The predicted molar refractivity (Wildman–Crippen MR) is 81.1 cm³/mol. The average molecular weight is 296 g/mol. The lowest BCUT2D eigenvalue weighted by atomic mass is 9.78. The molecule has 0 aliphatic carbocycles. The van der Waals surface area contributed by atoms with Gasteiger partial charge < -0.3 is 14.9 Å². The van der Waals surface area contributed by atoms with Crippen LogP contribution in [0.25, 0.3) is 0 Å². The maximum atomic E-state index is 12.8. The van der Waals surface area contributed by atoms with Crippen LogP contribution in [0.2, 0.25) is 0 Å². The van der Waals surface area contributed by atoms with Gasteiger partial charge in [0.15, 0.2) is 0 Å². The Morgan fingerprint density at radius 3 is 2.57 bits per heavy atom. The van der Waals surface area contributed by atoms with E-state index in [2.05, 4.69) is 13.8 Å². The number of rotatable bonds is 3. The van der Waals surface area contributed by atoms with Gasteiger partial charge in [0.1, 0.15) is 0 Å². The number of carboxylic acid groups (broad SMARTS) is 1. The summed E-state index contributed by atoms with van der Waals surface area (Å²) in [4.78, 5) is 28.2. The molecule has 5 nitrogen and oxygen atoms in total. The van der Waals surface area contributed by atoms with Crippen molar-refractivity contribution in [2.45, 2.75) is 58.9 Å². The predicted octanol–water partition coefficient (Wildman–Crippen LogP) is 2.80. The van der Waals surface area contributed by atoms with Crippen molar-refractivity contribution in [2.75, 3.05) is 19.6 Å². The number of aliphatic carboxylic acids is 1. The third-order valence-electron chi connectivity index (χ3n) is 5.29. The van der Waals surface area contributed by atoms with Crippen molar-refractivity contribution in [3.8, 4) is 0 Å². The van der Waals surface area contributed by atoms with E-state index in [4.69, 9.17) is 0 Å². The number of urea groups is 1. The van der Waals surface area contributed by atoms with Crippen molar-refractivity contribution >= 4 is 12.0 Å². The molecular formula is C16H28N2O3. The number of hydrogen-bond donors (Lipinski definition) is 1. The largest absolute Gasteiger partial charge is 0.481 e. The van der Waals surface area contributed by atoms with E-state index in [1.54, 1.807) is 4.90 Å². The third kappa shape index (κ3) is 3.01. The number of piperidine rings is 1. The first-order valence-electron chi connectivity index (χ1n) is 8.20. The Kier molecular flexibility index (Phi) is 4.79. The van der Waals surface area contributed by atoms with Gasteiger partial charge in [-0.25, -0.2) is 4.79 Å². The number of carboxylic acids is 1. The first-order chi connectivity index (χ1) is 9.91. The van der Waals surface area contributed by atoms with Gasteiger partial charge in [0.2, 0.25) is 0 Å². The van der Waals surface area contributed by atoms with Gasteiger partial charge in [-0.05, 0) is 38.0 Å². The molecular weight excluding hydrogens is 268 g/mol. The molecule has 21 heavy (non-hydrogen) atoms. The lowest BCUT2D eigenvalue weighted by Crippen LogP contribution is -2.54. The number of amides is 2. The summed E-state index contributed by atoms with van der Waals surface area (Å²) < 4.78 is 0. The first kappa shape index (κ1) is 16.1. The third-order valence-corrected chi connectivity index (χ3v) is 5.29. The van der Waals surface area contributed by atoms with E-state index in [0.29, 0.717) is 37.9 Å². The molecule has 2 saturated heterocycles. The second-order valence-electron chi connectivity index (χ2n) is 6.89. The van der Waals surface area contributed by atoms with E-state index < -0.39 is 11.4 Å². The average Bonchev–Trinajstić information content (AvgIpc) is 2.95. The van der Waals surface area contributed by atoms with Crippen LogP contribution in [0.15, 0.2) is 0 Å². The van der Waals surface area contributed by atoms with Gasteiger partial charge >= 0.3 is 12.0 Å². The molecule has 0 saturated carbocycles. The van der Waals surface area contributed by atoms with Crippen molar-refractivity contribution < 1.29 is 14.7 Å². The lowest BCUT2D eigenvalue weighted by molar-refractivity contribution is -0.152. The summed E-state index contributed by atoms with van der Waals surface area (Å²) in [7, 11) is 0. The molecule has 0 aromatic rings. The second kappa shape index (κ2) is 6.24. The van der Waals surface area contributed by atoms with Crippen LogP contribution in [0, 0.1) is 11.3 Å². The zero-order chi connectivity index (χ0) is 15.6. The van der Waals surface area contributed by atoms with E-state index in [1.807, 2.05) is 11.8 Å². The Morgan fingerprint density at radius 2 is 2.00 bits per heavy atom. The lowest BCUT2D eigenvalue weighted by Gasteiger charge is -2.42. The minimum Gasteiger partial charge on any atom is -0.481 e. The molecule has 2 fully saturated rings. The van der Waals surface area contributed by atoms with Crippen LogP contribution in [-0.4, -0.2) is 52.6 Å². The quantitative estimate of drug-likeness (QED) is 0.871. The SMILES string of the molecule is CCC1(C(=O)O)CCCN(C(=O)N2CCCC2C(C)C)C1. The molecule has 0 bridgehead atoms. The fourth-order valence-electron chi connectivity index (χ4n) is 3.81. The summed E-state index contributed by atoms with van der Waals surface area (Å²) in [6.45, 7) is 8.08. The highest BCUT2D eigenvalue weighted by molar-refractivity contribution is 5.79. The van der Waals surface area contributed by atoms with Crippen LogP contribution in [-0.2, 0) is 4.79 Å². The molecule has 120 valence electrons. The maximum Gasteiger partial charge on any atom is 0.320 e. The molecule has 1 N–H and O–H groups in total. The van der Waals surface area contributed by atoms with Crippen molar-refractivity contribution in [3.63, 3.8) is 0 Å². The molecule has 2 aliphatic heterocycles. The minimum absolute atomic E-state index is 0.0463. The van der Waals surface area contributed by atoms with Gasteiger partial charge in [0.05, 0.1) is 5.41 Å². The van der Waals surface area contributed by atoms with Gasteiger partial charge in [0.25, 0.3) is 0 Å². The van der Waals surface area contributed by atoms with Crippen LogP contribution in [0.1, 0.15) is 52.9 Å². The first-order valence-corrected chi connectivity index (χ1v) is 8.20. The Balaban J connectivity index is 2.10. The molecule has 2 unspecified atom stereocenters. The number of hydrogen-bond acceptors (Lipinski definition) is 2. The summed E-state index contributed by atoms with van der Waals surface area (Å²) in [6.07, 6.45) is 4.16. The Morgan fingerprint density at radius 1 is 1.29 bits per heavy atom. The van der Waals surface area contributed by atoms with Gasteiger partial charge in [-0.15, -0.1) is 0 Å². The van der Waals surface area contributed by atoms with Crippen LogP contribution < -0.4 is 0 Å². The van der Waals surface area contributed by atoms with Crippen molar-refractivity contribution in [1.29, 1.82) is 0 Å². The zero-order valence-corrected chi connectivity index (χ0v) is 13.5. The van der Waals surface area contributed by atoms with E-state index >= 15 is 0 Å². The highest BCUT2D eigenvalue weighted by atomic mass is 16.4. The minimum atomic E-state index is -0.760. The fourth-order valence-corrected chi connectivity index (χ4v) is 3.81. The molecule has 2 rings (SSSR count). The van der Waals surface area contributed by atoms with E-state index in [-0.39, 0.29) is 6.03 Å². The molecule has 0 aromatic heterocycles. The number of carbonyl (C=O) groups is 2. The van der Waals surface area contributed by atoms with Gasteiger partial charge in [0, 0.05) is 25.7 Å². The van der Waals surface area contributed by atoms with Crippen LogP contribution in [0.3, 0.4) is 0 Å². The summed E-state index contributed by atoms with van der Waals surface area (Å²) in [6, 6.07) is 0.352. The molecule has 2 amide bonds. The maximum absolute atomic E-state index is 12.8. The highest BCUT2D eigenvalue weighted by Gasteiger charge is 2.44. The highest BCUT2D eigenvalue weighted by Crippen LogP contribution is 2.35. The molecule has 0 spiro atoms. The van der Waals surface area contributed by atoms with Gasteiger partial charge in [-0.2, -0.15) is 0 Å². The number of carbonyl (C=O) groups excluding carboxylic acids is 1. The topological polar surface area (TPSA) is 60.9 Å². The van der Waals surface area contributed by atoms with E-state index in [9.17, 15) is 14.7 Å². The summed E-state index contributed by atoms with van der Waals surface area (Å²) in [5.74, 6) is -0.305. The normalized spacial score (nSPS) is 30.0. The van der Waals surface area contributed by atoms with Gasteiger partial charge in [-0.1, -0.05) is 20.8 Å². The van der Waals surface area contributed by atoms with Crippen LogP contribution >= 0.6 is 0 Å². The monoisotopic (exact) mass is 296 g/mol. The molecule has 0 radical (unpaired) electrons. The summed E-state index contributed by atoms with van der Waals surface area (Å²) in [5, 5.41) is 9.54. The summed E-state index contributed by atoms with van der Waals surface area (Å²) in [5.41, 5.74) is -0.749. The zero-order valence-electron chi connectivity index (χ0n) is 13.5. The molecule has 5 heteroatoms. The number of likely N-dealkylation sites (tertiary alicyclic amines) is 2. The Labute approximate surface area is 127 Å². The number of nitrogens with zero attached hydrogens (tertiary/aromatic N) is 2. The standard InChI is InChI=1S/C16H28N2O3/c1-4-16(14(19)20)8-6-9-17(11-16)15(21)18-10-5-7-13(18)12(2)3/h12-13H,4-11H2,1-3H3,(H,19,20). The van der Waals surface area contributed by atoms with Crippen molar-refractivity contribution in [2.24, 2.45) is 11.3 Å². The van der Waals surface area contributed by atoms with Crippen LogP contribution in [0.4, 0.5) is 4.79 Å². The molecule has 2 heterocycles. The van der Waals surface area contributed by atoms with Crippen LogP contribution in [0.5, 0.6) is 0 Å². The Hall–Kier alpha value is -1.26. The fraction of sp³-hybridized carbons (Fsp3) is 0.875. The van der Waals surface area contributed by atoms with Crippen molar-refractivity contribution in [3.05, 3.63) is 0 Å². The van der Waals surface area contributed by atoms with E-state index in [0.717, 1.165) is 25.8 Å². The van der Waals surface area contributed by atoms with E-state index in [1.165, 1.54) is 0 Å². The molecule has 0 aromatic carbocycles. The summed E-state index contributed by atoms with van der Waals surface area (Å²) >= 11 is 0. The van der Waals surface area contributed by atoms with Gasteiger partial charge in [-0.3, -0.25) is 4.79 Å². The smallest absolute Gasteiger partial charge is 0.320 e. The second-order valence-corrected chi connectivity index (χ2v) is 6.89. The van der Waals surface area contributed by atoms with Crippen molar-refractivity contribution in [1.82, 2.24) is 9.80 Å².